The molecule has 0 spiro atoms. The fraction of sp³-hybridized carbons (Fsp3) is 0.500. The molecule has 2 aliphatic rings. The Kier molecular flexibility index (Phi) is 8.82. The Morgan fingerprint density at radius 1 is 1.21 bits per heavy atom. The average molecular weight is 630 g/mol. The number of hydrogen-bond donors (Lipinski definition) is 5. The molecular weight excluding hydrogens is 604 g/mol. The van der Waals surface area contributed by atoms with Crippen LogP contribution in [0.5, 0.6) is 0 Å². The van der Waals surface area contributed by atoms with Crippen LogP contribution in [0.2, 0.25) is 0 Å². The zero-order valence-electron chi connectivity index (χ0n) is 21.4. The number of aromatic amines is 1. The minimum Gasteiger partial charge on any atom is -0.394 e. The predicted octanol–water partition coefficient (Wildman–Crippen LogP) is -1.92. The van der Waals surface area contributed by atoms with E-state index in [4.69, 9.17) is 47.2 Å². The van der Waals surface area contributed by atoms with Crippen molar-refractivity contribution in [2.24, 2.45) is 0 Å². The highest BCUT2D eigenvalue weighted by molar-refractivity contribution is 8.07. The van der Waals surface area contributed by atoms with E-state index < -0.39 is 80.3 Å². The van der Waals surface area contributed by atoms with Gasteiger partial charge in [-0.2, -0.15) is 0 Å². The second-order valence-electron chi connectivity index (χ2n) is 9.16. The van der Waals surface area contributed by atoms with E-state index in [9.17, 15) is 24.7 Å². The number of terminal acetylenes is 1. The van der Waals surface area contributed by atoms with Crippen LogP contribution in [0, 0.1) is 12.3 Å². The minimum absolute atomic E-state index is 0.0694. The zero-order chi connectivity index (χ0) is 30.2. The molecule has 2 fully saturated rings. The Labute approximate surface area is 240 Å². The molecule has 6 N–H and O–H groups in total. The molecule has 17 nitrogen and oxygen atoms in total. The molecule has 226 valence electrons. The Morgan fingerprint density at radius 2 is 1.98 bits per heavy atom. The van der Waals surface area contributed by atoms with Gasteiger partial charge in [-0.05, 0) is 11.8 Å². The molecule has 3 unspecified atom stereocenters. The highest BCUT2D eigenvalue weighted by Crippen LogP contribution is 2.50. The Morgan fingerprint density at radius 3 is 2.69 bits per heavy atom. The molecule has 0 amide bonds. The third-order valence-corrected chi connectivity index (χ3v) is 8.12. The standard InChI is InChI=1S/C22H25FN7O10PS/c1-2-5-36-17-16(10(6-31)38-21(17)29-4-3-12(32)28-22(29)34)40-41(35,42)37-7-11-15(33)13(23)20(39-11)30-9-27-14-18(24)25-8-26-19(14)30/h1,3-4,8-11,13,15-17,20-21,31,33H,5-7H2,(H,35,42)(H2,24,25,26)(H,28,32,34)/t10-,11-,13+,15?,16?,17+,20-,21-,41?/m1/s1. The molecule has 5 rings (SSSR count). The summed E-state index contributed by atoms with van der Waals surface area (Å²) in [4.78, 5) is 48.8. The molecule has 9 atom stereocenters. The number of nitrogens with two attached hydrogens (primary N) is 1. The third-order valence-electron chi connectivity index (χ3n) is 6.56. The molecule has 3 aromatic heterocycles. The maximum absolute atomic E-state index is 15.1. The van der Waals surface area contributed by atoms with Crippen LogP contribution >= 0.6 is 6.72 Å². The van der Waals surface area contributed by atoms with Gasteiger partial charge in [0.1, 0.15) is 49.0 Å². The summed E-state index contributed by atoms with van der Waals surface area (Å²) < 4.78 is 45.3. The number of alkyl halides is 1. The monoisotopic (exact) mass is 629 g/mol. The van der Waals surface area contributed by atoms with Gasteiger partial charge >= 0.3 is 12.4 Å². The molecule has 5 heterocycles. The van der Waals surface area contributed by atoms with Crippen LogP contribution in [-0.2, 0) is 35.1 Å². The van der Waals surface area contributed by atoms with Gasteiger partial charge in [-0.1, -0.05) is 5.92 Å². The van der Waals surface area contributed by atoms with Crippen LogP contribution in [0.15, 0.2) is 34.5 Å². The van der Waals surface area contributed by atoms with E-state index >= 15 is 4.39 Å². The summed E-state index contributed by atoms with van der Waals surface area (Å²) in [5, 5.41) is 20.4. The molecule has 0 aromatic carbocycles. The number of rotatable bonds is 10. The van der Waals surface area contributed by atoms with Crippen LogP contribution in [0.3, 0.4) is 0 Å². The Balaban J connectivity index is 1.30. The van der Waals surface area contributed by atoms with Crippen molar-refractivity contribution < 1.29 is 42.8 Å². The fourth-order valence-corrected chi connectivity index (χ4v) is 6.07. The van der Waals surface area contributed by atoms with Crippen LogP contribution in [0.4, 0.5) is 10.2 Å². The van der Waals surface area contributed by atoms with E-state index in [1.54, 1.807) is 0 Å². The Hall–Kier alpha value is -3.15. The van der Waals surface area contributed by atoms with Crippen LogP contribution in [0.1, 0.15) is 12.5 Å². The third kappa shape index (κ3) is 5.87. The van der Waals surface area contributed by atoms with Gasteiger partial charge in [0.15, 0.2) is 30.1 Å². The van der Waals surface area contributed by atoms with Crippen molar-refractivity contribution >= 4 is 35.5 Å². The number of imidazole rings is 1. The first kappa shape index (κ1) is 30.3. The van der Waals surface area contributed by atoms with Crippen molar-refractivity contribution in [3.8, 4) is 12.3 Å². The summed E-state index contributed by atoms with van der Waals surface area (Å²) in [5.74, 6) is 2.32. The van der Waals surface area contributed by atoms with Gasteiger partial charge in [-0.3, -0.25) is 23.4 Å². The average Bonchev–Trinajstić information content (AvgIpc) is 3.61. The molecule has 0 aliphatic carbocycles. The molecule has 20 heteroatoms. The van der Waals surface area contributed by atoms with E-state index in [-0.39, 0.29) is 23.6 Å². The lowest BCUT2D eigenvalue weighted by atomic mass is 10.1. The van der Waals surface area contributed by atoms with Gasteiger partial charge in [0, 0.05) is 12.3 Å². The minimum atomic E-state index is -4.23. The van der Waals surface area contributed by atoms with Gasteiger partial charge in [-0.25, -0.2) is 24.1 Å². The number of nitrogen functional groups attached to an aromatic ring is 1. The first-order chi connectivity index (χ1) is 20.0. The van der Waals surface area contributed by atoms with E-state index in [2.05, 4.69) is 25.9 Å². The lowest BCUT2D eigenvalue weighted by molar-refractivity contribution is -0.0678. The number of halogens is 1. The van der Waals surface area contributed by atoms with E-state index in [0.717, 1.165) is 16.8 Å². The van der Waals surface area contributed by atoms with Gasteiger partial charge in [0.25, 0.3) is 5.56 Å². The summed E-state index contributed by atoms with van der Waals surface area (Å²) in [5.41, 5.74) is 4.65. The SMILES string of the molecule is C#CCO[C@H]1C(OP(O)(=S)OC[C@H]2O[C@@H](n3cnc4c(N)ncnc43)[C@@H](F)C2O)[C@@H](CO)O[C@H]1n1ccc(=O)[nH]c1=O. The number of ether oxygens (including phenoxy) is 3. The number of H-pyrrole nitrogens is 1. The van der Waals surface area contributed by atoms with Crippen LogP contribution < -0.4 is 17.0 Å². The largest absolute Gasteiger partial charge is 0.394 e. The van der Waals surface area contributed by atoms with Crippen molar-refractivity contribution in [1.82, 2.24) is 29.1 Å². The van der Waals surface area contributed by atoms with Crippen LogP contribution in [-0.4, -0.2) is 101 Å². The lowest BCUT2D eigenvalue weighted by Crippen LogP contribution is -2.40. The molecule has 0 bridgehead atoms. The molecule has 3 aromatic rings. The van der Waals surface area contributed by atoms with Crippen molar-refractivity contribution in [3.05, 3.63) is 45.8 Å². The predicted molar refractivity (Wildman–Crippen MR) is 143 cm³/mol. The number of nitrogens with zero attached hydrogens (tertiary/aromatic N) is 5. The molecule has 2 saturated heterocycles. The summed E-state index contributed by atoms with van der Waals surface area (Å²) in [6, 6.07) is 1.07. The normalized spacial score (nSPS) is 30.8. The van der Waals surface area contributed by atoms with Crippen molar-refractivity contribution in [3.63, 3.8) is 0 Å². The molecule has 0 radical (unpaired) electrons. The van der Waals surface area contributed by atoms with Crippen molar-refractivity contribution in [2.75, 3.05) is 25.6 Å². The summed E-state index contributed by atoms with van der Waals surface area (Å²) >= 11 is 5.13. The number of nitrogens with one attached hydrogen (secondary N) is 1. The number of anilines is 1. The van der Waals surface area contributed by atoms with Crippen molar-refractivity contribution in [1.29, 1.82) is 0 Å². The van der Waals surface area contributed by atoms with Crippen molar-refractivity contribution in [2.45, 2.75) is 49.1 Å². The van der Waals surface area contributed by atoms with Gasteiger partial charge in [-0.15, -0.1) is 6.42 Å². The number of aliphatic hydroxyl groups is 2. The van der Waals surface area contributed by atoms with Gasteiger partial charge < -0.3 is 39.6 Å². The van der Waals surface area contributed by atoms with Gasteiger partial charge in [0.2, 0.25) is 0 Å². The zero-order valence-corrected chi connectivity index (χ0v) is 23.1. The summed E-state index contributed by atoms with van der Waals surface area (Å²) in [7, 11) is 0. The van der Waals surface area contributed by atoms with E-state index in [1.165, 1.54) is 17.2 Å². The maximum atomic E-state index is 15.1. The Bertz CT molecular complexity index is 1650. The highest BCUT2D eigenvalue weighted by atomic mass is 32.5. The lowest BCUT2D eigenvalue weighted by Gasteiger charge is -2.28. The number of hydrogen-bond acceptors (Lipinski definition) is 14. The second kappa shape index (κ2) is 12.2. The summed E-state index contributed by atoms with van der Waals surface area (Å²) in [6.45, 7) is -5.77. The first-order valence-corrected chi connectivity index (χ1v) is 14.8. The topological polar surface area (TPSA) is 231 Å². The quantitative estimate of drug-likeness (QED) is 0.122. The molecule has 42 heavy (non-hydrogen) atoms. The van der Waals surface area contributed by atoms with Crippen LogP contribution in [0.25, 0.3) is 11.2 Å². The number of aromatic nitrogens is 6. The first-order valence-electron chi connectivity index (χ1n) is 12.2. The van der Waals surface area contributed by atoms with Gasteiger partial charge in [0.05, 0.1) is 19.5 Å². The maximum Gasteiger partial charge on any atom is 0.330 e. The van der Waals surface area contributed by atoms with E-state index in [0.29, 0.717) is 0 Å². The highest BCUT2D eigenvalue weighted by Gasteiger charge is 2.50. The fourth-order valence-electron chi connectivity index (χ4n) is 4.63. The molecule has 2 aliphatic heterocycles. The second-order valence-corrected chi connectivity index (χ2v) is 12.0. The molecular formula is C22H25FN7O10PS. The molecule has 0 saturated carbocycles. The van der Waals surface area contributed by atoms with E-state index in [1.807, 2.05) is 0 Å². The smallest absolute Gasteiger partial charge is 0.330 e. The summed E-state index contributed by atoms with van der Waals surface area (Å²) in [6.07, 6.45) is -2.46. The number of fused-ring (bicyclic) bond motifs is 1. The number of aliphatic hydroxyl groups excluding tert-OH is 2.